The molecule has 102 valence electrons. The second-order valence-corrected chi connectivity index (χ2v) is 12.2. The average Bonchev–Trinajstić information content (AvgIpc) is 2.23. The van der Waals surface area contributed by atoms with Crippen molar-refractivity contribution in [2.75, 3.05) is 0 Å². The third-order valence-corrected chi connectivity index (χ3v) is 9.66. The molecule has 18 heavy (non-hydrogen) atoms. The summed E-state index contributed by atoms with van der Waals surface area (Å²) in [7, 11) is -1.71. The number of hydrogen-bond acceptors (Lipinski definition) is 1. The zero-order valence-electron chi connectivity index (χ0n) is 12.0. The van der Waals surface area contributed by atoms with Crippen molar-refractivity contribution >= 4 is 35.8 Å². The predicted octanol–water partition coefficient (Wildman–Crippen LogP) is 5.93. The molecule has 0 aromatic heterocycles. The first-order valence-electron chi connectivity index (χ1n) is 6.14. The van der Waals surface area contributed by atoms with Crippen LogP contribution < -0.4 is 0 Å². The average molecular weight is 350 g/mol. The van der Waals surface area contributed by atoms with Crippen LogP contribution in [0.2, 0.25) is 23.2 Å². The molecule has 1 rings (SSSR count). The molecule has 0 saturated heterocycles. The number of halogens is 2. The van der Waals surface area contributed by atoms with Crippen LogP contribution in [0, 0.1) is 6.92 Å². The van der Waals surface area contributed by atoms with Crippen LogP contribution in [0.4, 0.5) is 0 Å². The van der Waals surface area contributed by atoms with Gasteiger partial charge in [-0.3, -0.25) is 0 Å². The Morgan fingerprint density at radius 2 is 1.83 bits per heavy atom. The Morgan fingerprint density at radius 3 is 2.33 bits per heavy atom. The lowest BCUT2D eigenvalue weighted by atomic mass is 10.1. The SMILES string of the molecule is Cc1c(Br)ccc(CO[Si](C)(C)C(C)(C)C)c1Cl. The van der Waals surface area contributed by atoms with Crippen molar-refractivity contribution in [1.82, 2.24) is 0 Å². The molecule has 0 amide bonds. The molecular weight excluding hydrogens is 328 g/mol. The topological polar surface area (TPSA) is 9.23 Å². The second kappa shape index (κ2) is 5.66. The molecule has 0 bridgehead atoms. The summed E-state index contributed by atoms with van der Waals surface area (Å²) in [6.07, 6.45) is 0. The molecule has 1 nitrogen and oxygen atoms in total. The normalized spacial score (nSPS) is 12.9. The van der Waals surface area contributed by atoms with Gasteiger partial charge in [0.2, 0.25) is 0 Å². The van der Waals surface area contributed by atoms with Crippen LogP contribution in [0.25, 0.3) is 0 Å². The van der Waals surface area contributed by atoms with Gasteiger partial charge in [-0.2, -0.15) is 0 Å². The Bertz CT molecular complexity index is 438. The largest absolute Gasteiger partial charge is 0.413 e. The van der Waals surface area contributed by atoms with E-state index in [4.69, 9.17) is 16.0 Å². The first kappa shape index (κ1) is 16.2. The lowest BCUT2D eigenvalue weighted by Crippen LogP contribution is -2.40. The van der Waals surface area contributed by atoms with E-state index >= 15 is 0 Å². The van der Waals surface area contributed by atoms with Crippen LogP contribution in [0.15, 0.2) is 16.6 Å². The van der Waals surface area contributed by atoms with Gasteiger partial charge in [0.25, 0.3) is 0 Å². The van der Waals surface area contributed by atoms with E-state index in [1.807, 2.05) is 19.1 Å². The van der Waals surface area contributed by atoms with E-state index in [0.29, 0.717) is 6.61 Å². The summed E-state index contributed by atoms with van der Waals surface area (Å²) in [6, 6.07) is 4.07. The van der Waals surface area contributed by atoms with Crippen molar-refractivity contribution in [3.8, 4) is 0 Å². The van der Waals surface area contributed by atoms with E-state index in [2.05, 4.69) is 49.8 Å². The van der Waals surface area contributed by atoms with Crippen molar-refractivity contribution in [3.63, 3.8) is 0 Å². The highest BCUT2D eigenvalue weighted by Gasteiger charge is 2.37. The van der Waals surface area contributed by atoms with Gasteiger partial charge < -0.3 is 4.43 Å². The van der Waals surface area contributed by atoms with Crippen molar-refractivity contribution in [2.24, 2.45) is 0 Å². The first-order chi connectivity index (χ1) is 8.06. The third kappa shape index (κ3) is 3.59. The van der Waals surface area contributed by atoms with Gasteiger partial charge in [-0.1, -0.05) is 54.4 Å². The van der Waals surface area contributed by atoms with Gasteiger partial charge in [0, 0.05) is 4.47 Å². The van der Waals surface area contributed by atoms with Crippen LogP contribution in [-0.4, -0.2) is 8.32 Å². The summed E-state index contributed by atoms with van der Waals surface area (Å²) in [5, 5.41) is 1.03. The molecule has 0 radical (unpaired) electrons. The van der Waals surface area contributed by atoms with Crippen LogP contribution in [0.3, 0.4) is 0 Å². The van der Waals surface area contributed by atoms with Gasteiger partial charge in [-0.05, 0) is 42.2 Å². The first-order valence-corrected chi connectivity index (χ1v) is 10.2. The zero-order valence-corrected chi connectivity index (χ0v) is 15.4. The maximum absolute atomic E-state index is 6.35. The summed E-state index contributed by atoms with van der Waals surface area (Å²) in [5.74, 6) is 0. The molecule has 0 saturated carbocycles. The fraction of sp³-hybridized carbons (Fsp3) is 0.571. The highest BCUT2D eigenvalue weighted by atomic mass is 79.9. The van der Waals surface area contributed by atoms with Gasteiger partial charge in [-0.25, -0.2) is 0 Å². The molecule has 1 aromatic rings. The minimum absolute atomic E-state index is 0.226. The number of hydrogen-bond donors (Lipinski definition) is 0. The maximum Gasteiger partial charge on any atom is 0.192 e. The van der Waals surface area contributed by atoms with Crippen molar-refractivity contribution < 1.29 is 4.43 Å². The van der Waals surface area contributed by atoms with Gasteiger partial charge in [0.05, 0.1) is 11.6 Å². The number of rotatable bonds is 3. The Hall–Kier alpha value is 0.167. The molecule has 0 unspecified atom stereocenters. The van der Waals surface area contributed by atoms with E-state index < -0.39 is 8.32 Å². The summed E-state index contributed by atoms with van der Waals surface area (Å²) in [4.78, 5) is 0. The lowest BCUT2D eigenvalue weighted by Gasteiger charge is -2.36. The molecular formula is C14H22BrClOSi. The van der Waals surface area contributed by atoms with Crippen molar-refractivity contribution in [3.05, 3.63) is 32.8 Å². The molecule has 1 aromatic carbocycles. The minimum atomic E-state index is -1.71. The smallest absolute Gasteiger partial charge is 0.192 e. The number of benzene rings is 1. The minimum Gasteiger partial charge on any atom is -0.413 e. The second-order valence-electron chi connectivity index (χ2n) is 6.19. The van der Waals surface area contributed by atoms with Crippen LogP contribution in [-0.2, 0) is 11.0 Å². The van der Waals surface area contributed by atoms with Crippen LogP contribution >= 0.6 is 27.5 Å². The molecule has 0 atom stereocenters. The van der Waals surface area contributed by atoms with Gasteiger partial charge >= 0.3 is 0 Å². The molecule has 0 aliphatic rings. The quantitative estimate of drug-likeness (QED) is 0.614. The molecule has 0 heterocycles. The molecule has 0 fully saturated rings. The molecule has 0 spiro atoms. The predicted molar refractivity (Wildman–Crippen MR) is 85.9 cm³/mol. The molecule has 4 heteroatoms. The Labute approximate surface area is 125 Å². The highest BCUT2D eigenvalue weighted by Crippen LogP contribution is 2.38. The summed E-state index contributed by atoms with van der Waals surface area (Å²) < 4.78 is 7.24. The fourth-order valence-electron chi connectivity index (χ4n) is 1.30. The van der Waals surface area contributed by atoms with Gasteiger partial charge in [0.15, 0.2) is 8.32 Å². The Balaban J connectivity index is 2.85. The summed E-state index contributed by atoms with van der Waals surface area (Å²) in [6.45, 7) is 13.9. The fourth-order valence-corrected chi connectivity index (χ4v) is 2.92. The Morgan fingerprint density at radius 1 is 1.28 bits per heavy atom. The van der Waals surface area contributed by atoms with Gasteiger partial charge in [0.1, 0.15) is 0 Å². The van der Waals surface area contributed by atoms with E-state index in [1.54, 1.807) is 0 Å². The van der Waals surface area contributed by atoms with Crippen LogP contribution in [0.5, 0.6) is 0 Å². The monoisotopic (exact) mass is 348 g/mol. The van der Waals surface area contributed by atoms with Crippen molar-refractivity contribution in [2.45, 2.75) is 52.4 Å². The van der Waals surface area contributed by atoms with E-state index in [0.717, 1.165) is 20.6 Å². The standard InChI is InChI=1S/C14H22BrClOSi/c1-10-12(15)8-7-11(13(10)16)9-17-18(5,6)14(2,3)4/h7-8H,9H2,1-6H3. The maximum atomic E-state index is 6.35. The van der Waals surface area contributed by atoms with Gasteiger partial charge in [-0.15, -0.1) is 0 Å². The van der Waals surface area contributed by atoms with Crippen LogP contribution in [0.1, 0.15) is 31.9 Å². The Kier molecular flexibility index (Phi) is 5.10. The summed E-state index contributed by atoms with van der Waals surface area (Å²) >= 11 is 9.83. The summed E-state index contributed by atoms with van der Waals surface area (Å²) in [5.41, 5.74) is 2.15. The highest BCUT2D eigenvalue weighted by molar-refractivity contribution is 9.10. The third-order valence-electron chi connectivity index (χ3n) is 3.79. The molecule has 0 aliphatic heterocycles. The van der Waals surface area contributed by atoms with Crippen molar-refractivity contribution in [1.29, 1.82) is 0 Å². The lowest BCUT2D eigenvalue weighted by molar-refractivity contribution is 0.276. The van der Waals surface area contributed by atoms with E-state index in [1.165, 1.54) is 0 Å². The van der Waals surface area contributed by atoms with E-state index in [-0.39, 0.29) is 5.04 Å². The van der Waals surface area contributed by atoms with E-state index in [9.17, 15) is 0 Å². The molecule has 0 aliphatic carbocycles. The molecule has 0 N–H and O–H groups in total. The zero-order chi connectivity index (χ0) is 14.1.